The summed E-state index contributed by atoms with van der Waals surface area (Å²) in [6.07, 6.45) is 2.00. The Hall–Kier alpha value is -0.480. The van der Waals surface area contributed by atoms with Crippen molar-refractivity contribution < 1.29 is 4.79 Å². The van der Waals surface area contributed by atoms with E-state index in [-0.39, 0.29) is 24.2 Å². The summed E-state index contributed by atoms with van der Waals surface area (Å²) in [6.45, 7) is 1.49. The molecule has 0 radical (unpaired) electrons. The van der Waals surface area contributed by atoms with Crippen molar-refractivity contribution in [1.29, 1.82) is 0 Å². The Morgan fingerprint density at radius 3 is 2.35 bits per heavy atom. The molecule has 1 aromatic carbocycles. The van der Waals surface area contributed by atoms with E-state index in [1.165, 1.54) is 0 Å². The number of hydrogen-bond donors (Lipinski definition) is 0. The first-order valence-electron chi connectivity index (χ1n) is 6.40. The van der Waals surface area contributed by atoms with E-state index >= 15 is 0 Å². The fraction of sp³-hybridized carbons (Fsp3) is 0.500. The summed E-state index contributed by atoms with van der Waals surface area (Å²) in [5.41, 5.74) is 0.827. The van der Waals surface area contributed by atoms with Crippen LogP contribution in [-0.2, 0) is 4.79 Å². The zero-order chi connectivity index (χ0) is 14.0. The molecule has 1 fully saturated rings. The van der Waals surface area contributed by atoms with E-state index in [1.54, 1.807) is 12.1 Å². The van der Waals surface area contributed by atoms with E-state index in [2.05, 4.69) is 4.90 Å². The van der Waals surface area contributed by atoms with Crippen LogP contribution in [0.5, 0.6) is 0 Å². The van der Waals surface area contributed by atoms with Crippen molar-refractivity contribution in [3.63, 3.8) is 0 Å². The van der Waals surface area contributed by atoms with Crippen LogP contribution in [0.2, 0.25) is 10.0 Å². The molecule has 112 valence electrons. The largest absolute Gasteiger partial charge is 0.311 e. The van der Waals surface area contributed by atoms with Gasteiger partial charge in [-0.2, -0.15) is 0 Å². The van der Waals surface area contributed by atoms with Gasteiger partial charge in [-0.15, -0.1) is 12.4 Å². The van der Waals surface area contributed by atoms with Crippen molar-refractivity contribution in [2.24, 2.45) is 5.92 Å². The molecule has 1 aliphatic rings. The van der Waals surface area contributed by atoms with Gasteiger partial charge in [-0.3, -0.25) is 4.79 Å². The highest BCUT2D eigenvalue weighted by atomic mass is 35.5. The van der Waals surface area contributed by atoms with Gasteiger partial charge in [-0.05, 0) is 45.1 Å². The average Bonchev–Trinajstić information content (AvgIpc) is 3.17. The predicted octanol–water partition coefficient (Wildman–Crippen LogP) is 3.72. The summed E-state index contributed by atoms with van der Waals surface area (Å²) in [6, 6.07) is 5.35. The van der Waals surface area contributed by atoms with Crippen LogP contribution in [0.25, 0.3) is 0 Å². The number of hydrogen-bond acceptors (Lipinski definition) is 2. The summed E-state index contributed by atoms with van der Waals surface area (Å²) in [4.78, 5) is 16.2. The quantitative estimate of drug-likeness (QED) is 0.817. The molecular formula is C14H19Cl3N2O. The first-order valence-corrected chi connectivity index (χ1v) is 7.16. The van der Waals surface area contributed by atoms with Crippen LogP contribution >= 0.6 is 35.6 Å². The lowest BCUT2D eigenvalue weighted by molar-refractivity contribution is -0.119. The van der Waals surface area contributed by atoms with Gasteiger partial charge in [0.2, 0.25) is 5.91 Å². The highest BCUT2D eigenvalue weighted by Crippen LogP contribution is 2.34. The van der Waals surface area contributed by atoms with Gasteiger partial charge in [0, 0.05) is 24.7 Å². The van der Waals surface area contributed by atoms with Crippen LogP contribution < -0.4 is 4.90 Å². The van der Waals surface area contributed by atoms with Crippen LogP contribution in [0.1, 0.15) is 12.8 Å². The second kappa shape index (κ2) is 7.51. The van der Waals surface area contributed by atoms with Gasteiger partial charge in [-0.25, -0.2) is 0 Å². The van der Waals surface area contributed by atoms with Crippen molar-refractivity contribution in [2.75, 3.05) is 32.1 Å². The SMILES string of the molecule is CN(C)CCN(C(=O)C1CC1)c1ccc(Cl)c(Cl)c1.Cl. The molecule has 0 saturated heterocycles. The van der Waals surface area contributed by atoms with Crippen LogP contribution in [0.15, 0.2) is 18.2 Å². The third-order valence-electron chi connectivity index (χ3n) is 3.18. The molecule has 1 aromatic rings. The Bertz CT molecular complexity index is 475. The number of carbonyl (C=O) groups is 1. The minimum Gasteiger partial charge on any atom is -0.311 e. The molecule has 0 aromatic heterocycles. The molecule has 1 saturated carbocycles. The molecule has 2 rings (SSSR count). The number of halogens is 3. The molecule has 3 nitrogen and oxygen atoms in total. The van der Waals surface area contributed by atoms with Gasteiger partial charge in [0.25, 0.3) is 0 Å². The van der Waals surface area contributed by atoms with Crippen molar-refractivity contribution in [3.05, 3.63) is 28.2 Å². The highest BCUT2D eigenvalue weighted by molar-refractivity contribution is 6.42. The molecule has 0 N–H and O–H groups in total. The molecule has 1 amide bonds. The van der Waals surface area contributed by atoms with E-state index < -0.39 is 0 Å². The van der Waals surface area contributed by atoms with Gasteiger partial charge >= 0.3 is 0 Å². The van der Waals surface area contributed by atoms with Gasteiger partial charge in [0.05, 0.1) is 10.0 Å². The maximum atomic E-state index is 12.3. The lowest BCUT2D eigenvalue weighted by Gasteiger charge is -2.25. The molecule has 0 spiro atoms. The maximum Gasteiger partial charge on any atom is 0.230 e. The van der Waals surface area contributed by atoms with Crippen LogP contribution in [0, 0.1) is 5.92 Å². The normalized spacial score (nSPS) is 14.1. The molecule has 1 aliphatic carbocycles. The standard InChI is InChI=1S/C14H18Cl2N2O.ClH/c1-17(2)7-8-18(14(19)10-3-4-10)11-5-6-12(15)13(16)9-11;/h5-6,9-10H,3-4,7-8H2,1-2H3;1H. The van der Waals surface area contributed by atoms with E-state index in [0.717, 1.165) is 25.1 Å². The molecule has 0 atom stereocenters. The minimum absolute atomic E-state index is 0. The van der Waals surface area contributed by atoms with Gasteiger partial charge in [0.1, 0.15) is 0 Å². The van der Waals surface area contributed by atoms with Gasteiger partial charge in [-0.1, -0.05) is 23.2 Å². The summed E-state index contributed by atoms with van der Waals surface area (Å²) in [5.74, 6) is 0.386. The molecule has 0 unspecified atom stereocenters. The maximum absolute atomic E-state index is 12.3. The summed E-state index contributed by atoms with van der Waals surface area (Å²) in [5, 5.41) is 0.995. The molecule has 6 heteroatoms. The van der Waals surface area contributed by atoms with Gasteiger partial charge < -0.3 is 9.80 Å². The zero-order valence-electron chi connectivity index (χ0n) is 11.6. The van der Waals surface area contributed by atoms with Crippen molar-refractivity contribution in [2.45, 2.75) is 12.8 Å². The average molecular weight is 338 g/mol. The van der Waals surface area contributed by atoms with Crippen molar-refractivity contribution in [3.8, 4) is 0 Å². The Morgan fingerprint density at radius 2 is 1.85 bits per heavy atom. The monoisotopic (exact) mass is 336 g/mol. The number of carbonyl (C=O) groups excluding carboxylic acids is 1. The fourth-order valence-electron chi connectivity index (χ4n) is 1.87. The molecule has 0 heterocycles. The van der Waals surface area contributed by atoms with Crippen molar-refractivity contribution >= 4 is 47.2 Å². The molecule has 0 aliphatic heterocycles. The topological polar surface area (TPSA) is 23.6 Å². The first-order chi connectivity index (χ1) is 8.99. The smallest absolute Gasteiger partial charge is 0.230 e. The van der Waals surface area contributed by atoms with E-state index in [9.17, 15) is 4.79 Å². The molecular weight excluding hydrogens is 319 g/mol. The number of rotatable bonds is 5. The van der Waals surface area contributed by atoms with Gasteiger partial charge in [0.15, 0.2) is 0 Å². The third kappa shape index (κ3) is 4.52. The lowest BCUT2D eigenvalue weighted by atomic mass is 10.2. The Kier molecular flexibility index (Phi) is 6.59. The predicted molar refractivity (Wildman–Crippen MR) is 87.3 cm³/mol. The van der Waals surface area contributed by atoms with Crippen LogP contribution in [-0.4, -0.2) is 38.0 Å². The van der Waals surface area contributed by atoms with Crippen LogP contribution in [0.4, 0.5) is 5.69 Å². The van der Waals surface area contributed by atoms with Crippen LogP contribution in [0.3, 0.4) is 0 Å². The second-order valence-electron chi connectivity index (χ2n) is 5.17. The highest BCUT2D eigenvalue weighted by Gasteiger charge is 2.34. The second-order valence-corrected chi connectivity index (χ2v) is 5.98. The lowest BCUT2D eigenvalue weighted by Crippen LogP contribution is -2.37. The van der Waals surface area contributed by atoms with E-state index in [4.69, 9.17) is 23.2 Å². The number of anilines is 1. The fourth-order valence-corrected chi connectivity index (χ4v) is 2.16. The molecule has 20 heavy (non-hydrogen) atoms. The zero-order valence-corrected chi connectivity index (χ0v) is 13.9. The molecule has 0 bridgehead atoms. The number of likely N-dealkylation sites (N-methyl/N-ethyl adjacent to an activating group) is 1. The first kappa shape index (κ1) is 17.6. The third-order valence-corrected chi connectivity index (χ3v) is 3.92. The Labute approximate surface area is 136 Å². The number of amides is 1. The Balaban J connectivity index is 0.00000200. The summed E-state index contributed by atoms with van der Waals surface area (Å²) in [7, 11) is 3.99. The van der Waals surface area contributed by atoms with E-state index in [1.807, 2.05) is 25.1 Å². The Morgan fingerprint density at radius 1 is 1.20 bits per heavy atom. The van der Waals surface area contributed by atoms with Crippen molar-refractivity contribution in [1.82, 2.24) is 4.90 Å². The minimum atomic E-state index is 0. The number of nitrogens with zero attached hydrogens (tertiary/aromatic N) is 2. The van der Waals surface area contributed by atoms with E-state index in [0.29, 0.717) is 16.6 Å². The number of benzene rings is 1. The summed E-state index contributed by atoms with van der Waals surface area (Å²) >= 11 is 12.0. The summed E-state index contributed by atoms with van der Waals surface area (Å²) < 4.78 is 0.